The van der Waals surface area contributed by atoms with Gasteiger partial charge >= 0.3 is 0 Å². The van der Waals surface area contributed by atoms with Crippen molar-refractivity contribution >= 4 is 11.8 Å². The number of hydrogen-bond donors (Lipinski definition) is 0. The molecule has 144 valence electrons. The largest absolute Gasteiger partial charge is 0.301 e. The molecular formula is C21H27FN4S. The van der Waals surface area contributed by atoms with Crippen LogP contribution in [0.2, 0.25) is 0 Å². The highest BCUT2D eigenvalue weighted by molar-refractivity contribution is 7.98. The quantitative estimate of drug-likeness (QED) is 0.463. The summed E-state index contributed by atoms with van der Waals surface area (Å²) >= 11 is 1.58. The molecule has 1 heterocycles. The minimum Gasteiger partial charge on any atom is -0.301 e. The van der Waals surface area contributed by atoms with Gasteiger partial charge in [0.2, 0.25) is 0 Å². The van der Waals surface area contributed by atoms with Crippen molar-refractivity contribution in [2.75, 3.05) is 13.6 Å². The lowest BCUT2D eigenvalue weighted by Crippen LogP contribution is -2.27. The second-order valence-electron chi connectivity index (χ2n) is 7.06. The first kappa shape index (κ1) is 19.8. The van der Waals surface area contributed by atoms with Gasteiger partial charge in [0, 0.05) is 18.8 Å². The Morgan fingerprint density at radius 1 is 1.37 bits per heavy atom. The summed E-state index contributed by atoms with van der Waals surface area (Å²) < 4.78 is 15.5. The molecule has 0 spiro atoms. The van der Waals surface area contributed by atoms with Crippen LogP contribution in [0.3, 0.4) is 0 Å². The molecule has 2 aromatic rings. The van der Waals surface area contributed by atoms with Gasteiger partial charge < -0.3 is 4.57 Å². The molecular weight excluding hydrogens is 359 g/mol. The summed E-state index contributed by atoms with van der Waals surface area (Å²) in [4.78, 5) is 2.33. The number of thioether (sulfide) groups is 1. The monoisotopic (exact) mass is 386 g/mol. The summed E-state index contributed by atoms with van der Waals surface area (Å²) in [5, 5.41) is 9.63. The molecule has 3 rings (SSSR count). The maximum absolute atomic E-state index is 13.4. The van der Waals surface area contributed by atoms with Crippen LogP contribution in [0.15, 0.2) is 54.2 Å². The molecule has 1 aromatic heterocycles. The fourth-order valence-corrected chi connectivity index (χ4v) is 4.31. The highest BCUT2D eigenvalue weighted by Crippen LogP contribution is 2.24. The molecule has 0 N–H and O–H groups in total. The minimum absolute atomic E-state index is 0.208. The van der Waals surface area contributed by atoms with E-state index < -0.39 is 0 Å². The van der Waals surface area contributed by atoms with Crippen molar-refractivity contribution in [1.29, 1.82) is 0 Å². The van der Waals surface area contributed by atoms with Gasteiger partial charge in [-0.05, 0) is 49.9 Å². The smallest absolute Gasteiger partial charge is 0.191 e. The average Bonchev–Trinajstić information content (AvgIpc) is 3.03. The van der Waals surface area contributed by atoms with Crippen molar-refractivity contribution in [2.24, 2.45) is 5.92 Å². The van der Waals surface area contributed by atoms with Gasteiger partial charge in [-0.2, -0.15) is 0 Å². The third kappa shape index (κ3) is 5.78. The number of hydrogen-bond acceptors (Lipinski definition) is 4. The van der Waals surface area contributed by atoms with Crippen LogP contribution in [-0.4, -0.2) is 33.3 Å². The van der Waals surface area contributed by atoms with Crippen molar-refractivity contribution in [3.63, 3.8) is 0 Å². The first-order valence-corrected chi connectivity index (χ1v) is 10.4. The second-order valence-corrected chi connectivity index (χ2v) is 8.01. The summed E-state index contributed by atoms with van der Waals surface area (Å²) in [6.07, 6.45) is 10.0. The highest BCUT2D eigenvalue weighted by Gasteiger charge is 2.17. The average molecular weight is 387 g/mol. The Balaban J connectivity index is 1.63. The number of allylic oxidation sites excluding steroid dienone is 3. The normalized spacial score (nSPS) is 16.8. The zero-order valence-corrected chi connectivity index (χ0v) is 16.7. The van der Waals surface area contributed by atoms with Gasteiger partial charge in [-0.15, -0.1) is 16.8 Å². The third-order valence-electron chi connectivity index (χ3n) is 4.72. The molecule has 6 heteroatoms. The fraction of sp³-hybridized carbons (Fsp3) is 0.429. The zero-order chi connectivity index (χ0) is 19.1. The molecule has 1 aliphatic carbocycles. The van der Waals surface area contributed by atoms with Crippen molar-refractivity contribution in [1.82, 2.24) is 19.7 Å². The van der Waals surface area contributed by atoms with E-state index in [1.807, 2.05) is 12.1 Å². The second kappa shape index (κ2) is 9.85. The summed E-state index contributed by atoms with van der Waals surface area (Å²) in [6, 6.07) is 6.69. The van der Waals surface area contributed by atoms with E-state index in [4.69, 9.17) is 0 Å². The van der Waals surface area contributed by atoms with Crippen LogP contribution >= 0.6 is 11.8 Å². The van der Waals surface area contributed by atoms with E-state index in [-0.39, 0.29) is 5.82 Å². The van der Waals surface area contributed by atoms with Crippen LogP contribution in [0.1, 0.15) is 30.7 Å². The lowest BCUT2D eigenvalue weighted by molar-refractivity contribution is 0.250. The first-order valence-electron chi connectivity index (χ1n) is 9.39. The zero-order valence-electron chi connectivity index (χ0n) is 15.9. The number of rotatable bonds is 9. The van der Waals surface area contributed by atoms with Gasteiger partial charge in [0.05, 0.1) is 6.54 Å². The van der Waals surface area contributed by atoms with Crippen LogP contribution < -0.4 is 0 Å². The van der Waals surface area contributed by atoms with E-state index in [9.17, 15) is 4.39 Å². The van der Waals surface area contributed by atoms with Gasteiger partial charge in [-0.1, -0.05) is 42.1 Å². The molecule has 1 atom stereocenters. The Kier molecular flexibility index (Phi) is 7.24. The lowest BCUT2D eigenvalue weighted by Gasteiger charge is -2.24. The summed E-state index contributed by atoms with van der Waals surface area (Å²) in [5.74, 6) is 2.13. The third-order valence-corrected chi connectivity index (χ3v) is 5.76. The molecule has 4 nitrogen and oxygen atoms in total. The maximum atomic E-state index is 13.4. The first-order chi connectivity index (χ1) is 13.2. The Bertz CT molecular complexity index is 786. The Labute approximate surface area is 165 Å². The van der Waals surface area contributed by atoms with E-state index in [1.165, 1.54) is 25.3 Å². The lowest BCUT2D eigenvalue weighted by atomic mass is 9.94. The van der Waals surface area contributed by atoms with Gasteiger partial charge in [0.1, 0.15) is 11.6 Å². The molecule has 0 aliphatic heterocycles. The van der Waals surface area contributed by atoms with Crippen LogP contribution in [0.5, 0.6) is 0 Å². The Hall–Kier alpha value is -1.92. The fourth-order valence-electron chi connectivity index (χ4n) is 3.40. The topological polar surface area (TPSA) is 34.0 Å². The van der Waals surface area contributed by atoms with Crippen molar-refractivity contribution < 1.29 is 4.39 Å². The van der Waals surface area contributed by atoms with Crippen molar-refractivity contribution in [3.8, 4) is 0 Å². The van der Waals surface area contributed by atoms with E-state index in [2.05, 4.69) is 45.4 Å². The van der Waals surface area contributed by atoms with Gasteiger partial charge in [0.25, 0.3) is 0 Å². The van der Waals surface area contributed by atoms with E-state index in [0.717, 1.165) is 35.6 Å². The Morgan fingerprint density at radius 3 is 3.00 bits per heavy atom. The Morgan fingerprint density at radius 2 is 2.26 bits per heavy atom. The molecule has 0 amide bonds. The SMILES string of the molecule is C=CCn1c(CN(C)CC2CC=CCC2)nnc1SCc1cccc(F)c1. The predicted octanol–water partition coefficient (Wildman–Crippen LogP) is 4.68. The molecule has 1 aromatic carbocycles. The molecule has 27 heavy (non-hydrogen) atoms. The predicted molar refractivity (Wildman–Crippen MR) is 109 cm³/mol. The molecule has 0 fully saturated rings. The van der Waals surface area contributed by atoms with Crippen LogP contribution in [-0.2, 0) is 18.8 Å². The standard InChI is InChI=1S/C21H27FN4S/c1-3-12-26-20(15-25(2)14-17-8-5-4-6-9-17)23-24-21(26)27-16-18-10-7-11-19(22)13-18/h3-5,7,10-11,13,17H,1,6,8-9,12,14-16H2,2H3. The summed E-state index contributed by atoms with van der Waals surface area (Å²) in [5.41, 5.74) is 0.942. The molecule has 0 saturated carbocycles. The van der Waals surface area contributed by atoms with Gasteiger partial charge in [-0.25, -0.2) is 4.39 Å². The maximum Gasteiger partial charge on any atom is 0.191 e. The highest BCUT2D eigenvalue weighted by atomic mass is 32.2. The van der Waals surface area contributed by atoms with Crippen molar-refractivity contribution in [2.45, 2.75) is 43.3 Å². The minimum atomic E-state index is -0.208. The summed E-state index contributed by atoms with van der Waals surface area (Å²) in [6.45, 7) is 6.37. The molecule has 1 unspecified atom stereocenters. The number of halogens is 1. The van der Waals surface area contributed by atoms with E-state index in [1.54, 1.807) is 23.9 Å². The number of aromatic nitrogens is 3. The van der Waals surface area contributed by atoms with Crippen LogP contribution in [0.4, 0.5) is 4.39 Å². The molecule has 0 radical (unpaired) electrons. The van der Waals surface area contributed by atoms with Crippen LogP contribution in [0.25, 0.3) is 0 Å². The molecule has 0 bridgehead atoms. The number of benzene rings is 1. The van der Waals surface area contributed by atoms with Crippen molar-refractivity contribution in [3.05, 3.63) is 66.3 Å². The molecule has 0 saturated heterocycles. The van der Waals surface area contributed by atoms with Crippen LogP contribution in [0, 0.1) is 11.7 Å². The van der Waals surface area contributed by atoms with Gasteiger partial charge in [-0.3, -0.25) is 4.90 Å². The van der Waals surface area contributed by atoms with E-state index in [0.29, 0.717) is 12.3 Å². The van der Waals surface area contributed by atoms with Gasteiger partial charge in [0.15, 0.2) is 5.16 Å². The molecule has 1 aliphatic rings. The number of nitrogens with zero attached hydrogens (tertiary/aromatic N) is 4. The summed E-state index contributed by atoms with van der Waals surface area (Å²) in [7, 11) is 2.14. The van der Waals surface area contributed by atoms with E-state index >= 15 is 0 Å².